The quantitative estimate of drug-likeness (QED) is 0.619. The summed E-state index contributed by atoms with van der Waals surface area (Å²) in [6.45, 7) is 6.66. The molecule has 156 valence electrons. The summed E-state index contributed by atoms with van der Waals surface area (Å²) in [6, 6.07) is 10.6. The Morgan fingerprint density at radius 3 is 2.83 bits per heavy atom. The van der Waals surface area contributed by atoms with E-state index < -0.39 is 0 Å². The number of benzene rings is 1. The van der Waals surface area contributed by atoms with E-state index in [0.29, 0.717) is 29.6 Å². The average Bonchev–Trinajstić information content (AvgIpc) is 2.73. The number of hydrogen-bond acceptors (Lipinski definition) is 4. The molecule has 2 aromatic rings. The second-order valence-corrected chi connectivity index (χ2v) is 7.92. The molecule has 1 aromatic carbocycles. The van der Waals surface area contributed by atoms with Crippen LogP contribution in [-0.4, -0.2) is 42.1 Å². The summed E-state index contributed by atoms with van der Waals surface area (Å²) in [5.41, 5.74) is 1.45. The molecular formula is C22H29ClN4O2. The van der Waals surface area contributed by atoms with Crippen LogP contribution in [0.25, 0.3) is 0 Å². The fourth-order valence-electron chi connectivity index (χ4n) is 3.30. The highest BCUT2D eigenvalue weighted by molar-refractivity contribution is 6.32. The molecule has 2 amide bonds. The van der Waals surface area contributed by atoms with Gasteiger partial charge in [-0.2, -0.15) is 0 Å². The molecule has 0 bridgehead atoms. The summed E-state index contributed by atoms with van der Waals surface area (Å²) in [7, 11) is 0. The molecular weight excluding hydrogens is 388 g/mol. The number of likely N-dealkylation sites (tertiary alicyclic amines) is 1. The number of piperidine rings is 1. The second kappa shape index (κ2) is 11.0. The van der Waals surface area contributed by atoms with Crippen LogP contribution in [0.4, 0.5) is 10.5 Å². The van der Waals surface area contributed by atoms with Crippen molar-refractivity contribution in [3.05, 3.63) is 53.3 Å². The molecule has 0 saturated carbocycles. The lowest BCUT2D eigenvalue weighted by Crippen LogP contribution is -2.36. The molecule has 0 atom stereocenters. The highest BCUT2D eigenvalue weighted by atomic mass is 35.5. The first-order valence-electron chi connectivity index (χ1n) is 10.2. The van der Waals surface area contributed by atoms with E-state index in [0.717, 1.165) is 24.6 Å². The molecule has 1 aliphatic heterocycles. The number of carbonyl (C=O) groups is 1. The van der Waals surface area contributed by atoms with E-state index in [1.807, 2.05) is 18.2 Å². The molecule has 1 saturated heterocycles. The third-order valence-electron chi connectivity index (χ3n) is 5.10. The van der Waals surface area contributed by atoms with E-state index in [9.17, 15) is 4.79 Å². The Hall–Kier alpha value is -2.31. The molecule has 0 aliphatic carbocycles. The van der Waals surface area contributed by atoms with Crippen molar-refractivity contribution in [2.24, 2.45) is 5.92 Å². The predicted octanol–water partition coefficient (Wildman–Crippen LogP) is 4.56. The Kier molecular flexibility index (Phi) is 8.14. The number of nitrogens with one attached hydrogen (secondary N) is 2. The first-order chi connectivity index (χ1) is 14.1. The van der Waals surface area contributed by atoms with Gasteiger partial charge >= 0.3 is 6.03 Å². The summed E-state index contributed by atoms with van der Waals surface area (Å²) in [5, 5.41) is 6.16. The Morgan fingerprint density at radius 2 is 2.10 bits per heavy atom. The molecule has 1 aliphatic rings. The molecule has 1 aromatic heterocycles. The number of aromatic nitrogens is 1. The third-order valence-corrected chi connectivity index (χ3v) is 5.40. The largest absolute Gasteiger partial charge is 0.486 e. The number of rotatable bonds is 8. The molecule has 2 heterocycles. The van der Waals surface area contributed by atoms with Crippen molar-refractivity contribution in [1.29, 1.82) is 0 Å². The van der Waals surface area contributed by atoms with Crippen LogP contribution in [0, 0.1) is 5.92 Å². The van der Waals surface area contributed by atoms with E-state index in [4.69, 9.17) is 16.3 Å². The smallest absolute Gasteiger partial charge is 0.319 e. The lowest BCUT2D eigenvalue weighted by molar-refractivity contribution is 0.190. The standard InChI is InChI=1S/C22H29ClN4O2/c1-17-8-13-27(14-9-17)12-4-11-25-22(28)26-18-6-7-21(20(23)15-18)29-16-19-5-2-3-10-24-19/h2-3,5-7,10,15,17H,4,8-9,11-14,16H2,1H3,(H2,25,26,28). The van der Waals surface area contributed by atoms with Gasteiger partial charge in [-0.05, 0) is 75.1 Å². The molecule has 1 fully saturated rings. The van der Waals surface area contributed by atoms with E-state index >= 15 is 0 Å². The SMILES string of the molecule is CC1CCN(CCCNC(=O)Nc2ccc(OCc3ccccn3)c(Cl)c2)CC1. The van der Waals surface area contributed by atoms with Gasteiger partial charge in [-0.1, -0.05) is 24.6 Å². The van der Waals surface area contributed by atoms with Gasteiger partial charge in [0, 0.05) is 18.4 Å². The summed E-state index contributed by atoms with van der Waals surface area (Å²) >= 11 is 6.28. The van der Waals surface area contributed by atoms with Crippen LogP contribution in [0.5, 0.6) is 5.75 Å². The Balaban J connectivity index is 1.37. The predicted molar refractivity (Wildman–Crippen MR) is 116 cm³/mol. The van der Waals surface area contributed by atoms with Crippen molar-refractivity contribution < 1.29 is 9.53 Å². The van der Waals surface area contributed by atoms with Crippen LogP contribution in [0.1, 0.15) is 31.9 Å². The van der Waals surface area contributed by atoms with Crippen LogP contribution < -0.4 is 15.4 Å². The van der Waals surface area contributed by atoms with Gasteiger partial charge < -0.3 is 20.3 Å². The van der Waals surface area contributed by atoms with E-state index in [2.05, 4.69) is 27.4 Å². The van der Waals surface area contributed by atoms with Crippen LogP contribution in [0.2, 0.25) is 5.02 Å². The van der Waals surface area contributed by atoms with Crippen molar-refractivity contribution in [2.75, 3.05) is 31.5 Å². The zero-order valence-corrected chi connectivity index (χ0v) is 17.6. The van der Waals surface area contributed by atoms with Gasteiger partial charge in [0.05, 0.1) is 10.7 Å². The molecule has 6 nitrogen and oxygen atoms in total. The fourth-order valence-corrected chi connectivity index (χ4v) is 3.53. The first-order valence-corrected chi connectivity index (χ1v) is 10.6. The van der Waals surface area contributed by atoms with Crippen molar-refractivity contribution in [1.82, 2.24) is 15.2 Å². The summed E-state index contributed by atoms with van der Waals surface area (Å²) in [5.74, 6) is 1.40. The van der Waals surface area contributed by atoms with Crippen LogP contribution in [0.3, 0.4) is 0 Å². The van der Waals surface area contributed by atoms with Gasteiger partial charge in [0.1, 0.15) is 12.4 Å². The monoisotopic (exact) mass is 416 g/mol. The zero-order valence-electron chi connectivity index (χ0n) is 16.9. The second-order valence-electron chi connectivity index (χ2n) is 7.51. The number of anilines is 1. The van der Waals surface area contributed by atoms with Crippen LogP contribution >= 0.6 is 11.6 Å². The Labute approximate surface area is 177 Å². The minimum atomic E-state index is -0.226. The Bertz CT molecular complexity index is 780. The third kappa shape index (κ3) is 7.22. The maximum absolute atomic E-state index is 12.1. The van der Waals surface area contributed by atoms with Crippen LogP contribution in [-0.2, 0) is 6.61 Å². The molecule has 2 N–H and O–H groups in total. The van der Waals surface area contributed by atoms with Crippen molar-refractivity contribution in [3.63, 3.8) is 0 Å². The van der Waals surface area contributed by atoms with E-state index in [1.165, 1.54) is 25.9 Å². The normalized spacial score (nSPS) is 15.1. The summed E-state index contributed by atoms with van der Waals surface area (Å²) in [6.07, 6.45) is 5.22. The van der Waals surface area contributed by atoms with Gasteiger partial charge in [0.15, 0.2) is 0 Å². The molecule has 0 spiro atoms. The van der Waals surface area contributed by atoms with Gasteiger partial charge in [-0.15, -0.1) is 0 Å². The lowest BCUT2D eigenvalue weighted by Gasteiger charge is -2.30. The number of halogens is 1. The van der Waals surface area contributed by atoms with Crippen molar-refractivity contribution in [2.45, 2.75) is 32.8 Å². The Morgan fingerprint density at radius 1 is 1.28 bits per heavy atom. The number of ether oxygens (including phenoxy) is 1. The minimum absolute atomic E-state index is 0.226. The number of amides is 2. The van der Waals surface area contributed by atoms with Gasteiger partial charge in [0.25, 0.3) is 0 Å². The maximum Gasteiger partial charge on any atom is 0.319 e. The topological polar surface area (TPSA) is 66.5 Å². The molecule has 0 unspecified atom stereocenters. The van der Waals surface area contributed by atoms with E-state index in [-0.39, 0.29) is 6.03 Å². The molecule has 7 heteroatoms. The van der Waals surface area contributed by atoms with Gasteiger partial charge in [0.2, 0.25) is 0 Å². The average molecular weight is 417 g/mol. The van der Waals surface area contributed by atoms with Crippen molar-refractivity contribution >= 4 is 23.3 Å². The highest BCUT2D eigenvalue weighted by Gasteiger charge is 2.15. The number of hydrogen-bond donors (Lipinski definition) is 2. The fraction of sp³-hybridized carbons (Fsp3) is 0.455. The lowest BCUT2D eigenvalue weighted by atomic mass is 9.99. The number of urea groups is 1. The molecule has 0 radical (unpaired) electrons. The van der Waals surface area contributed by atoms with Gasteiger partial charge in [-0.25, -0.2) is 4.79 Å². The highest BCUT2D eigenvalue weighted by Crippen LogP contribution is 2.28. The van der Waals surface area contributed by atoms with E-state index in [1.54, 1.807) is 24.4 Å². The minimum Gasteiger partial charge on any atom is -0.486 e. The van der Waals surface area contributed by atoms with Crippen molar-refractivity contribution in [3.8, 4) is 5.75 Å². The summed E-state index contributed by atoms with van der Waals surface area (Å²) in [4.78, 5) is 18.8. The summed E-state index contributed by atoms with van der Waals surface area (Å²) < 4.78 is 5.70. The zero-order chi connectivity index (χ0) is 20.5. The maximum atomic E-state index is 12.1. The number of nitrogens with zero attached hydrogens (tertiary/aromatic N) is 2. The molecule has 3 rings (SSSR count). The first kappa shape index (κ1) is 21.4. The molecule has 29 heavy (non-hydrogen) atoms. The van der Waals surface area contributed by atoms with Crippen LogP contribution in [0.15, 0.2) is 42.6 Å². The van der Waals surface area contributed by atoms with Gasteiger partial charge in [-0.3, -0.25) is 4.98 Å². The number of carbonyl (C=O) groups excluding carboxylic acids is 1. The number of pyridine rings is 1.